The van der Waals surface area contributed by atoms with E-state index >= 15 is 0 Å². The highest BCUT2D eigenvalue weighted by Gasteiger charge is 2.29. The highest BCUT2D eigenvalue weighted by atomic mass is 35.5. The van der Waals surface area contributed by atoms with E-state index in [0.29, 0.717) is 17.1 Å². The first-order valence-corrected chi connectivity index (χ1v) is 9.73. The zero-order valence-electron chi connectivity index (χ0n) is 16.0. The SMILES string of the molecule is CCOC(=O)C1=CN(C(=O)c2c(F)cccc2F)CCc2c1[nH]c1ccc(Cl)cc21. The van der Waals surface area contributed by atoms with E-state index in [1.165, 1.54) is 12.3 Å². The number of hydrogen-bond acceptors (Lipinski definition) is 3. The zero-order chi connectivity index (χ0) is 21.4. The third kappa shape index (κ3) is 3.45. The molecule has 0 fully saturated rings. The lowest BCUT2D eigenvalue weighted by Crippen LogP contribution is -2.29. The van der Waals surface area contributed by atoms with E-state index in [4.69, 9.17) is 16.3 Å². The Morgan fingerprint density at radius 2 is 1.93 bits per heavy atom. The smallest absolute Gasteiger partial charge is 0.341 e. The standard InChI is InChI=1S/C22H17ClF2N2O3/c1-2-30-22(29)15-11-27(21(28)19-16(24)4-3-5-17(19)25)9-8-13-14-10-12(23)6-7-18(14)26-20(13)15/h3-7,10-11,26H,2,8-9H2,1H3. The Labute approximate surface area is 175 Å². The number of amides is 1. The number of carbonyl (C=O) groups excluding carboxylic acids is 2. The lowest BCUT2D eigenvalue weighted by atomic mass is 10.0. The van der Waals surface area contributed by atoms with E-state index in [1.54, 1.807) is 25.1 Å². The summed E-state index contributed by atoms with van der Waals surface area (Å²) in [5, 5.41) is 1.33. The van der Waals surface area contributed by atoms with Crippen molar-refractivity contribution in [2.45, 2.75) is 13.3 Å². The quantitative estimate of drug-likeness (QED) is 0.612. The minimum atomic E-state index is -0.967. The van der Waals surface area contributed by atoms with Gasteiger partial charge in [-0.2, -0.15) is 0 Å². The van der Waals surface area contributed by atoms with Gasteiger partial charge in [0.15, 0.2) is 0 Å². The second kappa shape index (κ2) is 7.91. The molecule has 0 radical (unpaired) electrons. The zero-order valence-corrected chi connectivity index (χ0v) is 16.7. The number of H-pyrrole nitrogens is 1. The number of nitrogens with one attached hydrogen (secondary N) is 1. The van der Waals surface area contributed by atoms with Gasteiger partial charge >= 0.3 is 5.97 Å². The summed E-state index contributed by atoms with van der Waals surface area (Å²) in [5.74, 6) is -3.46. The van der Waals surface area contributed by atoms with Crippen molar-refractivity contribution < 1.29 is 23.1 Å². The molecule has 1 aliphatic heterocycles. The fourth-order valence-electron chi connectivity index (χ4n) is 3.60. The fourth-order valence-corrected chi connectivity index (χ4v) is 3.77. The third-order valence-electron chi connectivity index (χ3n) is 4.96. The number of rotatable bonds is 3. The minimum absolute atomic E-state index is 0.0989. The van der Waals surface area contributed by atoms with E-state index in [9.17, 15) is 18.4 Å². The number of fused-ring (bicyclic) bond motifs is 3. The molecule has 0 aliphatic carbocycles. The van der Waals surface area contributed by atoms with Crippen LogP contribution in [0.4, 0.5) is 8.78 Å². The van der Waals surface area contributed by atoms with Gasteiger partial charge in [-0.05, 0) is 49.2 Å². The van der Waals surface area contributed by atoms with E-state index in [-0.39, 0.29) is 18.7 Å². The molecule has 1 amide bonds. The number of aromatic nitrogens is 1. The van der Waals surface area contributed by atoms with Gasteiger partial charge < -0.3 is 14.6 Å². The van der Waals surface area contributed by atoms with Gasteiger partial charge in [0.25, 0.3) is 5.91 Å². The summed E-state index contributed by atoms with van der Waals surface area (Å²) in [6.45, 7) is 1.91. The van der Waals surface area contributed by atoms with Crippen molar-refractivity contribution in [2.24, 2.45) is 0 Å². The maximum Gasteiger partial charge on any atom is 0.341 e. The molecule has 8 heteroatoms. The normalized spacial score (nSPS) is 13.6. The van der Waals surface area contributed by atoms with Gasteiger partial charge in [0.05, 0.1) is 17.9 Å². The summed E-state index contributed by atoms with van der Waals surface area (Å²) in [6.07, 6.45) is 1.63. The van der Waals surface area contributed by atoms with Crippen molar-refractivity contribution in [3.63, 3.8) is 0 Å². The summed E-state index contributed by atoms with van der Waals surface area (Å²) in [5.41, 5.74) is 1.47. The Kier molecular flexibility index (Phi) is 5.30. The molecule has 0 spiro atoms. The van der Waals surface area contributed by atoms with E-state index in [2.05, 4.69) is 4.98 Å². The molecular weight excluding hydrogens is 414 g/mol. The van der Waals surface area contributed by atoms with Crippen LogP contribution in [0.25, 0.3) is 16.5 Å². The molecular formula is C22H17ClF2N2O3. The average Bonchev–Trinajstić information content (AvgIpc) is 2.94. The van der Waals surface area contributed by atoms with Crippen molar-refractivity contribution in [3.05, 3.63) is 76.1 Å². The highest BCUT2D eigenvalue weighted by Crippen LogP contribution is 2.33. The second-order valence-electron chi connectivity index (χ2n) is 6.78. The van der Waals surface area contributed by atoms with Crippen molar-refractivity contribution in [2.75, 3.05) is 13.2 Å². The molecule has 0 atom stereocenters. The number of aromatic amines is 1. The van der Waals surface area contributed by atoms with Crippen LogP contribution >= 0.6 is 11.6 Å². The summed E-state index contributed by atoms with van der Waals surface area (Å²) in [6, 6.07) is 8.51. The van der Waals surface area contributed by atoms with Crippen molar-refractivity contribution in [1.82, 2.24) is 9.88 Å². The molecule has 1 N–H and O–H groups in total. The highest BCUT2D eigenvalue weighted by molar-refractivity contribution is 6.31. The number of esters is 1. The first-order chi connectivity index (χ1) is 14.4. The number of benzene rings is 2. The maximum absolute atomic E-state index is 14.2. The monoisotopic (exact) mass is 430 g/mol. The summed E-state index contributed by atoms with van der Waals surface area (Å²) in [4.78, 5) is 29.9. The van der Waals surface area contributed by atoms with Crippen LogP contribution in [-0.4, -0.2) is 34.9 Å². The first kappa shape index (κ1) is 20.1. The topological polar surface area (TPSA) is 62.4 Å². The number of hydrogen-bond donors (Lipinski definition) is 1. The lowest BCUT2D eigenvalue weighted by molar-refractivity contribution is -0.136. The molecule has 1 aromatic heterocycles. The van der Waals surface area contributed by atoms with Gasteiger partial charge in [-0.3, -0.25) is 4.79 Å². The molecule has 2 heterocycles. The van der Waals surface area contributed by atoms with E-state index in [0.717, 1.165) is 33.5 Å². The minimum Gasteiger partial charge on any atom is -0.462 e. The van der Waals surface area contributed by atoms with E-state index in [1.807, 2.05) is 0 Å². The predicted octanol–water partition coefficient (Wildman–Crippen LogP) is 4.70. The van der Waals surface area contributed by atoms with Gasteiger partial charge in [-0.25, -0.2) is 13.6 Å². The Balaban J connectivity index is 1.84. The molecule has 0 saturated heterocycles. The van der Waals surface area contributed by atoms with Crippen LogP contribution in [0, 0.1) is 11.6 Å². The average molecular weight is 431 g/mol. The molecule has 1 aliphatic rings. The Morgan fingerprint density at radius 1 is 1.20 bits per heavy atom. The second-order valence-corrected chi connectivity index (χ2v) is 7.21. The van der Waals surface area contributed by atoms with E-state index < -0.39 is 29.1 Å². The molecule has 0 unspecified atom stereocenters. The van der Waals surface area contributed by atoms with Gasteiger partial charge in [0, 0.05) is 28.7 Å². The van der Waals surface area contributed by atoms with Gasteiger partial charge in [-0.15, -0.1) is 0 Å². The summed E-state index contributed by atoms with van der Waals surface area (Å²) >= 11 is 6.13. The molecule has 2 aromatic carbocycles. The lowest BCUT2D eigenvalue weighted by Gasteiger charge is -2.18. The van der Waals surface area contributed by atoms with Crippen molar-refractivity contribution in [1.29, 1.82) is 0 Å². The Hall–Kier alpha value is -3.19. The molecule has 0 bridgehead atoms. The van der Waals surface area contributed by atoms with Gasteiger partial charge in [0.2, 0.25) is 0 Å². The predicted molar refractivity (Wildman–Crippen MR) is 109 cm³/mol. The van der Waals surface area contributed by atoms with Crippen LogP contribution < -0.4 is 0 Å². The maximum atomic E-state index is 14.2. The number of halogens is 3. The number of nitrogens with zero attached hydrogens (tertiary/aromatic N) is 1. The molecule has 5 nitrogen and oxygen atoms in total. The van der Waals surface area contributed by atoms with Gasteiger partial charge in [-0.1, -0.05) is 17.7 Å². The fraction of sp³-hybridized carbons (Fsp3) is 0.182. The van der Waals surface area contributed by atoms with Crippen LogP contribution in [0.1, 0.15) is 28.5 Å². The molecule has 30 heavy (non-hydrogen) atoms. The van der Waals surface area contributed by atoms with Crippen LogP contribution in [0.5, 0.6) is 0 Å². The van der Waals surface area contributed by atoms with Crippen LogP contribution in [0.3, 0.4) is 0 Å². The molecule has 3 aromatic rings. The largest absolute Gasteiger partial charge is 0.462 e. The van der Waals surface area contributed by atoms with Crippen LogP contribution in [0.2, 0.25) is 5.02 Å². The van der Waals surface area contributed by atoms with Crippen molar-refractivity contribution in [3.8, 4) is 0 Å². The molecule has 0 saturated carbocycles. The molecule has 4 rings (SSSR count). The third-order valence-corrected chi connectivity index (χ3v) is 5.19. The Bertz CT molecular complexity index is 1180. The first-order valence-electron chi connectivity index (χ1n) is 9.35. The molecule has 154 valence electrons. The number of carbonyl (C=O) groups is 2. The van der Waals surface area contributed by atoms with Crippen LogP contribution in [0.15, 0.2) is 42.6 Å². The summed E-state index contributed by atoms with van der Waals surface area (Å²) < 4.78 is 33.5. The number of ether oxygens (including phenoxy) is 1. The Morgan fingerprint density at radius 3 is 2.63 bits per heavy atom. The van der Waals surface area contributed by atoms with Crippen molar-refractivity contribution >= 4 is 40.0 Å². The van der Waals surface area contributed by atoms with Crippen LogP contribution in [-0.2, 0) is 16.0 Å². The van der Waals surface area contributed by atoms with Gasteiger partial charge in [0.1, 0.15) is 17.2 Å². The summed E-state index contributed by atoms with van der Waals surface area (Å²) in [7, 11) is 0.